The van der Waals surface area contributed by atoms with Gasteiger partial charge in [0.25, 0.3) is 0 Å². The maximum atomic E-state index is 6.11. The van der Waals surface area contributed by atoms with Gasteiger partial charge < -0.3 is 9.64 Å². The van der Waals surface area contributed by atoms with E-state index in [1.807, 2.05) is 18.5 Å². The molecule has 0 unspecified atom stereocenters. The molecule has 2 saturated heterocycles. The molecule has 0 N–H and O–H groups in total. The minimum absolute atomic E-state index is 0.399. The van der Waals surface area contributed by atoms with Crippen molar-refractivity contribution in [2.45, 2.75) is 38.0 Å². The summed E-state index contributed by atoms with van der Waals surface area (Å²) in [5.74, 6) is 1.01. The number of hydrogen-bond donors (Lipinski definition) is 0. The normalized spacial score (nSPS) is 30.5. The molecule has 0 spiro atoms. The highest BCUT2D eigenvalue weighted by Crippen LogP contribution is 2.31. The third kappa shape index (κ3) is 3.44. The lowest BCUT2D eigenvalue weighted by Crippen LogP contribution is -2.50. The number of aromatic nitrogens is 1. The molecule has 0 radical (unpaired) electrons. The monoisotopic (exact) mass is 287 g/mol. The number of hydrogen-bond acceptors (Lipinski definition) is 4. The lowest BCUT2D eigenvalue weighted by atomic mass is 10.1. The van der Waals surface area contributed by atoms with Crippen LogP contribution >= 0.6 is 0 Å². The van der Waals surface area contributed by atoms with Crippen molar-refractivity contribution in [1.29, 1.82) is 0 Å². The summed E-state index contributed by atoms with van der Waals surface area (Å²) < 4.78 is 6.11. The minimum atomic E-state index is 0.399. The molecule has 21 heavy (non-hydrogen) atoms. The molecular weight excluding hydrogens is 262 g/mol. The van der Waals surface area contributed by atoms with Crippen LogP contribution in [0.5, 0.6) is 0 Å². The third-order valence-corrected chi connectivity index (χ3v) is 5.08. The Hall–Kier alpha value is -0.970. The maximum Gasteiger partial charge on any atom is 0.0736 e. The van der Waals surface area contributed by atoms with Crippen LogP contribution in [0.15, 0.2) is 24.5 Å². The Labute approximate surface area is 127 Å². The van der Waals surface area contributed by atoms with E-state index in [1.165, 1.54) is 51.0 Å². The molecule has 4 rings (SSSR count). The summed E-state index contributed by atoms with van der Waals surface area (Å²) in [4.78, 5) is 9.47. The number of nitrogens with zero attached hydrogens (tertiary/aromatic N) is 3. The predicted molar refractivity (Wildman–Crippen MR) is 82.0 cm³/mol. The predicted octanol–water partition coefficient (Wildman–Crippen LogP) is 1.77. The zero-order valence-electron chi connectivity index (χ0n) is 12.7. The fourth-order valence-electron chi connectivity index (χ4n) is 3.71. The van der Waals surface area contributed by atoms with E-state index >= 15 is 0 Å². The summed E-state index contributed by atoms with van der Waals surface area (Å²) >= 11 is 0. The van der Waals surface area contributed by atoms with Crippen LogP contribution in [0.1, 0.15) is 24.8 Å². The molecule has 1 aliphatic carbocycles. The average molecular weight is 287 g/mol. The topological polar surface area (TPSA) is 28.6 Å². The number of pyridine rings is 1. The molecule has 4 nitrogen and oxygen atoms in total. The second-order valence-corrected chi connectivity index (χ2v) is 6.88. The van der Waals surface area contributed by atoms with Gasteiger partial charge in [-0.1, -0.05) is 6.07 Å². The molecule has 2 atom stereocenters. The molecule has 1 saturated carbocycles. The SMILES string of the molecule is c1cncc(CO[C@@H]2C[C@H]3CN(CC4CC4)CCN3C2)c1. The summed E-state index contributed by atoms with van der Waals surface area (Å²) in [5, 5.41) is 0. The highest BCUT2D eigenvalue weighted by atomic mass is 16.5. The van der Waals surface area contributed by atoms with Crippen LogP contribution in [-0.2, 0) is 11.3 Å². The molecule has 1 aromatic heterocycles. The minimum Gasteiger partial charge on any atom is -0.372 e. The van der Waals surface area contributed by atoms with Gasteiger partial charge in [-0.05, 0) is 36.8 Å². The largest absolute Gasteiger partial charge is 0.372 e. The van der Waals surface area contributed by atoms with E-state index in [0.29, 0.717) is 12.7 Å². The molecule has 0 amide bonds. The van der Waals surface area contributed by atoms with Crippen LogP contribution < -0.4 is 0 Å². The molecule has 0 aromatic carbocycles. The molecule has 2 aliphatic heterocycles. The number of piperazine rings is 1. The zero-order chi connectivity index (χ0) is 14.1. The lowest BCUT2D eigenvalue weighted by Gasteiger charge is -2.37. The van der Waals surface area contributed by atoms with Crippen LogP contribution in [0.2, 0.25) is 0 Å². The summed E-state index contributed by atoms with van der Waals surface area (Å²) in [6, 6.07) is 4.79. The van der Waals surface area contributed by atoms with Crippen molar-refractivity contribution in [3.63, 3.8) is 0 Å². The molecule has 3 aliphatic rings. The highest BCUT2D eigenvalue weighted by molar-refractivity contribution is 5.07. The first kappa shape index (κ1) is 13.7. The molecular formula is C17H25N3O. The van der Waals surface area contributed by atoms with E-state index in [2.05, 4.69) is 20.9 Å². The third-order valence-electron chi connectivity index (χ3n) is 5.08. The van der Waals surface area contributed by atoms with Crippen molar-refractivity contribution in [3.8, 4) is 0 Å². The van der Waals surface area contributed by atoms with Crippen LogP contribution in [0.4, 0.5) is 0 Å². The van der Waals surface area contributed by atoms with E-state index in [0.717, 1.165) is 18.5 Å². The Kier molecular flexibility index (Phi) is 3.93. The first-order chi connectivity index (χ1) is 10.4. The Morgan fingerprint density at radius 1 is 1.24 bits per heavy atom. The summed E-state index contributed by atoms with van der Waals surface area (Å²) in [5.41, 5.74) is 1.18. The molecule has 0 bridgehead atoms. The Morgan fingerprint density at radius 3 is 3.00 bits per heavy atom. The second-order valence-electron chi connectivity index (χ2n) is 6.88. The van der Waals surface area contributed by atoms with Crippen molar-refractivity contribution in [3.05, 3.63) is 30.1 Å². The molecule has 4 heteroatoms. The van der Waals surface area contributed by atoms with Crippen LogP contribution in [0.3, 0.4) is 0 Å². The van der Waals surface area contributed by atoms with Gasteiger partial charge in [-0.3, -0.25) is 9.88 Å². The van der Waals surface area contributed by atoms with Gasteiger partial charge in [0.1, 0.15) is 0 Å². The summed E-state index contributed by atoms with van der Waals surface area (Å²) in [7, 11) is 0. The van der Waals surface area contributed by atoms with Crippen molar-refractivity contribution >= 4 is 0 Å². The fourth-order valence-corrected chi connectivity index (χ4v) is 3.71. The van der Waals surface area contributed by atoms with Crippen LogP contribution in [0.25, 0.3) is 0 Å². The average Bonchev–Trinajstić information content (AvgIpc) is 3.23. The van der Waals surface area contributed by atoms with Gasteiger partial charge in [0.2, 0.25) is 0 Å². The van der Waals surface area contributed by atoms with Gasteiger partial charge in [-0.25, -0.2) is 0 Å². The number of fused-ring (bicyclic) bond motifs is 1. The first-order valence-corrected chi connectivity index (χ1v) is 8.34. The second kappa shape index (κ2) is 6.03. The van der Waals surface area contributed by atoms with E-state index in [1.54, 1.807) is 0 Å². The van der Waals surface area contributed by atoms with Crippen molar-refractivity contribution < 1.29 is 4.74 Å². The van der Waals surface area contributed by atoms with E-state index in [4.69, 9.17) is 4.74 Å². The molecule has 1 aromatic rings. The Morgan fingerprint density at radius 2 is 2.19 bits per heavy atom. The van der Waals surface area contributed by atoms with Gasteiger partial charge in [0.05, 0.1) is 12.7 Å². The van der Waals surface area contributed by atoms with Gasteiger partial charge >= 0.3 is 0 Å². The lowest BCUT2D eigenvalue weighted by molar-refractivity contribution is 0.0457. The summed E-state index contributed by atoms with van der Waals surface area (Å²) in [6.45, 7) is 6.88. The Balaban J connectivity index is 1.26. The molecule has 3 heterocycles. The Bertz CT molecular complexity index is 462. The smallest absolute Gasteiger partial charge is 0.0736 e. The first-order valence-electron chi connectivity index (χ1n) is 8.34. The number of rotatable bonds is 5. The highest BCUT2D eigenvalue weighted by Gasteiger charge is 2.37. The van der Waals surface area contributed by atoms with Gasteiger partial charge in [-0.15, -0.1) is 0 Å². The van der Waals surface area contributed by atoms with E-state index in [9.17, 15) is 0 Å². The number of ether oxygens (including phenoxy) is 1. The molecule has 3 fully saturated rings. The quantitative estimate of drug-likeness (QED) is 0.825. The van der Waals surface area contributed by atoms with Crippen molar-refractivity contribution in [1.82, 2.24) is 14.8 Å². The standard InChI is InChI=1S/C17H25N3O/c1-2-15(9-18-5-1)13-21-17-8-16-11-19(10-14-3-4-14)6-7-20(16)12-17/h1-2,5,9,14,16-17H,3-4,6-8,10-13H2/t16-,17+/m0/s1. The van der Waals surface area contributed by atoms with Gasteiger partial charge in [0.15, 0.2) is 0 Å². The van der Waals surface area contributed by atoms with E-state index < -0.39 is 0 Å². The zero-order valence-corrected chi connectivity index (χ0v) is 12.7. The van der Waals surface area contributed by atoms with Crippen molar-refractivity contribution in [2.24, 2.45) is 5.92 Å². The maximum absolute atomic E-state index is 6.11. The van der Waals surface area contributed by atoms with Gasteiger partial charge in [0, 0.05) is 51.2 Å². The van der Waals surface area contributed by atoms with E-state index in [-0.39, 0.29) is 0 Å². The summed E-state index contributed by atoms with van der Waals surface area (Å²) in [6.07, 6.45) is 8.23. The van der Waals surface area contributed by atoms with Crippen LogP contribution in [0, 0.1) is 5.92 Å². The van der Waals surface area contributed by atoms with Gasteiger partial charge in [-0.2, -0.15) is 0 Å². The van der Waals surface area contributed by atoms with Crippen LogP contribution in [-0.4, -0.2) is 59.7 Å². The van der Waals surface area contributed by atoms with Crippen molar-refractivity contribution in [2.75, 3.05) is 32.7 Å². The molecule has 114 valence electrons. The fraction of sp³-hybridized carbons (Fsp3) is 0.706.